The van der Waals surface area contributed by atoms with Crippen LogP contribution in [0.5, 0.6) is 0 Å². The Morgan fingerprint density at radius 2 is 1.68 bits per heavy atom. The Morgan fingerprint density at radius 1 is 1.09 bits per heavy atom. The van der Waals surface area contributed by atoms with Crippen molar-refractivity contribution in [3.05, 3.63) is 29.3 Å². The van der Waals surface area contributed by atoms with Crippen LogP contribution in [0.3, 0.4) is 0 Å². The van der Waals surface area contributed by atoms with Crippen molar-refractivity contribution in [1.82, 2.24) is 4.90 Å². The minimum atomic E-state index is -0.169. The van der Waals surface area contributed by atoms with Crippen LogP contribution >= 0.6 is 0 Å². The Balaban J connectivity index is 2.25. The van der Waals surface area contributed by atoms with Gasteiger partial charge in [0.05, 0.1) is 11.8 Å². The van der Waals surface area contributed by atoms with E-state index in [9.17, 15) is 9.59 Å². The third-order valence-electron chi connectivity index (χ3n) is 4.24. The van der Waals surface area contributed by atoms with Crippen molar-refractivity contribution in [3.63, 3.8) is 0 Å². The van der Waals surface area contributed by atoms with Crippen molar-refractivity contribution in [2.45, 2.75) is 40.2 Å². The molecular formula is C18H26N2O2. The fourth-order valence-corrected chi connectivity index (χ4v) is 2.88. The first-order valence-electron chi connectivity index (χ1n) is 7.85. The molecule has 0 aromatic heterocycles. The second kappa shape index (κ2) is 6.11. The molecule has 0 radical (unpaired) electrons. The van der Waals surface area contributed by atoms with Gasteiger partial charge in [-0.3, -0.25) is 9.59 Å². The summed E-state index contributed by atoms with van der Waals surface area (Å²) in [4.78, 5) is 28.4. The van der Waals surface area contributed by atoms with Crippen LogP contribution in [0.4, 0.5) is 5.69 Å². The Kier molecular flexibility index (Phi) is 4.59. The smallest absolute Gasteiger partial charge is 0.231 e. The maximum absolute atomic E-state index is 12.9. The molecule has 4 heteroatoms. The highest BCUT2D eigenvalue weighted by Crippen LogP contribution is 2.42. The normalized spacial score (nSPS) is 20.0. The third-order valence-corrected chi connectivity index (χ3v) is 4.24. The first-order chi connectivity index (χ1) is 10.2. The average Bonchev–Trinajstić information content (AvgIpc) is 3.21. The zero-order valence-electron chi connectivity index (χ0n) is 14.4. The highest BCUT2D eigenvalue weighted by Gasteiger charge is 2.50. The second-order valence-corrected chi connectivity index (χ2v) is 6.77. The van der Waals surface area contributed by atoms with Crippen LogP contribution in [0.15, 0.2) is 18.2 Å². The summed E-state index contributed by atoms with van der Waals surface area (Å²) >= 11 is 0. The molecule has 0 aliphatic heterocycles. The fourth-order valence-electron chi connectivity index (χ4n) is 2.88. The highest BCUT2D eigenvalue weighted by molar-refractivity contribution is 6.01. The van der Waals surface area contributed by atoms with Crippen LogP contribution in [0.1, 0.15) is 31.4 Å². The van der Waals surface area contributed by atoms with E-state index in [4.69, 9.17) is 0 Å². The molecule has 2 rings (SSSR count). The van der Waals surface area contributed by atoms with Gasteiger partial charge in [-0.25, -0.2) is 0 Å². The molecule has 0 unspecified atom stereocenters. The van der Waals surface area contributed by atoms with Crippen molar-refractivity contribution >= 4 is 17.5 Å². The number of hydrogen-bond acceptors (Lipinski definition) is 2. The monoisotopic (exact) mass is 302 g/mol. The van der Waals surface area contributed by atoms with Crippen LogP contribution in [0, 0.1) is 25.7 Å². The number of rotatable bonds is 4. The minimum Gasteiger partial charge on any atom is -0.349 e. The molecule has 0 heterocycles. The van der Waals surface area contributed by atoms with E-state index < -0.39 is 0 Å². The Labute approximate surface area is 133 Å². The second-order valence-electron chi connectivity index (χ2n) is 6.77. The fraction of sp³-hybridized carbons (Fsp3) is 0.556. The predicted octanol–water partition coefficient (Wildman–Crippen LogP) is 2.77. The van der Waals surface area contributed by atoms with Crippen LogP contribution < -0.4 is 4.90 Å². The molecule has 0 saturated heterocycles. The number of aryl methyl sites for hydroxylation is 2. The lowest BCUT2D eigenvalue weighted by molar-refractivity contribution is -0.132. The van der Waals surface area contributed by atoms with Crippen molar-refractivity contribution in [1.29, 1.82) is 0 Å². The number of hydrogen-bond donors (Lipinski definition) is 0. The summed E-state index contributed by atoms with van der Waals surface area (Å²) in [5.74, 6) is -0.182. The lowest BCUT2D eigenvalue weighted by Gasteiger charge is -2.29. The van der Waals surface area contributed by atoms with Gasteiger partial charge in [-0.1, -0.05) is 12.1 Å². The van der Waals surface area contributed by atoms with E-state index >= 15 is 0 Å². The molecule has 0 N–H and O–H groups in total. The number of carbonyl (C=O) groups excluding carboxylic acids is 2. The van der Waals surface area contributed by atoms with Crippen LogP contribution in [-0.4, -0.2) is 36.9 Å². The average molecular weight is 302 g/mol. The lowest BCUT2D eigenvalue weighted by atomic mass is 10.1. The molecule has 120 valence electrons. The largest absolute Gasteiger partial charge is 0.349 e. The lowest BCUT2D eigenvalue weighted by Crippen LogP contribution is -2.39. The first-order valence-corrected chi connectivity index (χ1v) is 7.85. The SMILES string of the molecule is Cc1ccc(C)c(N(C(=O)[C@H]2C[C@H]2C(=O)N(C)C)C(C)C)c1. The molecule has 0 bridgehead atoms. The van der Waals surface area contributed by atoms with Gasteiger partial charge in [0, 0.05) is 25.8 Å². The van der Waals surface area contributed by atoms with Gasteiger partial charge in [-0.05, 0) is 51.3 Å². The number of anilines is 1. The predicted molar refractivity (Wildman–Crippen MR) is 88.8 cm³/mol. The third kappa shape index (κ3) is 3.16. The molecule has 1 fully saturated rings. The van der Waals surface area contributed by atoms with E-state index in [1.54, 1.807) is 19.0 Å². The molecule has 1 saturated carbocycles. The maximum Gasteiger partial charge on any atom is 0.231 e. The minimum absolute atomic E-state index is 0.0584. The molecular weight excluding hydrogens is 276 g/mol. The zero-order chi connectivity index (χ0) is 16.6. The van der Waals surface area contributed by atoms with E-state index in [0.29, 0.717) is 6.42 Å². The number of carbonyl (C=O) groups is 2. The molecule has 0 spiro atoms. The van der Waals surface area contributed by atoms with E-state index in [1.807, 2.05) is 38.7 Å². The highest BCUT2D eigenvalue weighted by atomic mass is 16.2. The van der Waals surface area contributed by atoms with Gasteiger partial charge in [0.1, 0.15) is 0 Å². The maximum atomic E-state index is 12.9. The first kappa shape index (κ1) is 16.5. The molecule has 2 amide bonds. The van der Waals surface area contributed by atoms with Crippen LogP contribution in [0.2, 0.25) is 0 Å². The number of nitrogens with zero attached hydrogens (tertiary/aromatic N) is 2. The quantitative estimate of drug-likeness (QED) is 0.858. The van der Waals surface area contributed by atoms with Gasteiger partial charge < -0.3 is 9.80 Å². The molecule has 1 aliphatic rings. The Morgan fingerprint density at radius 3 is 2.23 bits per heavy atom. The Bertz CT molecular complexity index is 593. The van der Waals surface area contributed by atoms with E-state index in [2.05, 4.69) is 12.1 Å². The molecule has 1 aromatic carbocycles. The van der Waals surface area contributed by atoms with Gasteiger partial charge in [-0.2, -0.15) is 0 Å². The molecule has 2 atom stereocenters. The Hall–Kier alpha value is -1.84. The van der Waals surface area contributed by atoms with E-state index in [1.165, 1.54) is 0 Å². The van der Waals surface area contributed by atoms with Gasteiger partial charge in [0.2, 0.25) is 11.8 Å². The van der Waals surface area contributed by atoms with Gasteiger partial charge in [-0.15, -0.1) is 0 Å². The topological polar surface area (TPSA) is 40.6 Å². The standard InChI is InChI=1S/C18H26N2O2/c1-11(2)20(16-9-12(3)7-8-13(16)4)18(22)15-10-14(15)17(21)19(5)6/h7-9,11,14-15H,10H2,1-6H3/t14-,15+/m1/s1. The van der Waals surface area contributed by atoms with Gasteiger partial charge in [0.25, 0.3) is 0 Å². The summed E-state index contributed by atoms with van der Waals surface area (Å²) in [5, 5.41) is 0. The number of amides is 2. The molecule has 1 aliphatic carbocycles. The number of benzene rings is 1. The van der Waals surface area contributed by atoms with E-state index in [0.717, 1.165) is 16.8 Å². The van der Waals surface area contributed by atoms with Crippen molar-refractivity contribution in [2.75, 3.05) is 19.0 Å². The molecule has 1 aromatic rings. The van der Waals surface area contributed by atoms with Crippen molar-refractivity contribution < 1.29 is 9.59 Å². The van der Waals surface area contributed by atoms with Gasteiger partial charge in [0.15, 0.2) is 0 Å². The van der Waals surface area contributed by atoms with Crippen molar-refractivity contribution in [2.24, 2.45) is 11.8 Å². The summed E-state index contributed by atoms with van der Waals surface area (Å²) in [7, 11) is 3.49. The summed E-state index contributed by atoms with van der Waals surface area (Å²) < 4.78 is 0. The zero-order valence-corrected chi connectivity index (χ0v) is 14.4. The summed E-state index contributed by atoms with van der Waals surface area (Å²) in [6, 6.07) is 6.22. The summed E-state index contributed by atoms with van der Waals surface area (Å²) in [6.45, 7) is 8.09. The van der Waals surface area contributed by atoms with E-state index in [-0.39, 0.29) is 29.7 Å². The van der Waals surface area contributed by atoms with Crippen LogP contribution in [-0.2, 0) is 9.59 Å². The molecule has 22 heavy (non-hydrogen) atoms. The van der Waals surface area contributed by atoms with Crippen molar-refractivity contribution in [3.8, 4) is 0 Å². The molecule has 4 nitrogen and oxygen atoms in total. The summed E-state index contributed by atoms with van der Waals surface area (Å²) in [6.07, 6.45) is 0.671. The van der Waals surface area contributed by atoms with Crippen LogP contribution in [0.25, 0.3) is 0 Å². The summed E-state index contributed by atoms with van der Waals surface area (Å²) in [5.41, 5.74) is 3.18. The van der Waals surface area contributed by atoms with Gasteiger partial charge >= 0.3 is 0 Å².